The van der Waals surface area contributed by atoms with Crippen LogP contribution in [0.25, 0.3) is 0 Å². The zero-order chi connectivity index (χ0) is 9.10. The number of alkyl halides is 1. The van der Waals surface area contributed by atoms with Gasteiger partial charge >= 0.3 is 0 Å². The fourth-order valence-electron chi connectivity index (χ4n) is 2.03. The van der Waals surface area contributed by atoms with Crippen molar-refractivity contribution in [3.63, 3.8) is 0 Å². The average Bonchev–Trinajstić information content (AvgIpc) is 2.71. The van der Waals surface area contributed by atoms with Crippen molar-refractivity contribution in [2.45, 2.75) is 31.9 Å². The first kappa shape index (κ1) is 8.67. The van der Waals surface area contributed by atoms with Gasteiger partial charge in [-0.1, -0.05) is 18.9 Å². The standard InChI is InChI=1S/C11H14FN/c12-11(9-5-1-2-6-9)10-7-3-4-8-13-10/h3-4,7-9,11H,1-2,5-6H2. The number of pyridine rings is 1. The number of nitrogens with zero attached hydrogens (tertiary/aromatic N) is 1. The fourth-order valence-corrected chi connectivity index (χ4v) is 2.03. The molecule has 1 aliphatic carbocycles. The Hall–Kier alpha value is -0.920. The van der Waals surface area contributed by atoms with Gasteiger partial charge in [0.25, 0.3) is 0 Å². The molecule has 0 saturated heterocycles. The molecule has 0 amide bonds. The molecule has 1 aromatic heterocycles. The summed E-state index contributed by atoms with van der Waals surface area (Å²) >= 11 is 0. The first-order valence-electron chi connectivity index (χ1n) is 4.93. The van der Waals surface area contributed by atoms with Crippen molar-refractivity contribution < 1.29 is 4.39 Å². The van der Waals surface area contributed by atoms with Crippen LogP contribution in [0.2, 0.25) is 0 Å². The Morgan fingerprint density at radius 1 is 1.31 bits per heavy atom. The van der Waals surface area contributed by atoms with E-state index in [0.29, 0.717) is 5.69 Å². The monoisotopic (exact) mass is 179 g/mol. The highest BCUT2D eigenvalue weighted by atomic mass is 19.1. The van der Waals surface area contributed by atoms with E-state index in [4.69, 9.17) is 0 Å². The SMILES string of the molecule is FC(c1ccccn1)C1CCCC1. The first-order chi connectivity index (χ1) is 6.38. The summed E-state index contributed by atoms with van der Waals surface area (Å²) in [6.07, 6.45) is 5.23. The highest BCUT2D eigenvalue weighted by Gasteiger charge is 2.26. The highest BCUT2D eigenvalue weighted by molar-refractivity contribution is 5.08. The van der Waals surface area contributed by atoms with Crippen LogP contribution in [-0.4, -0.2) is 4.98 Å². The van der Waals surface area contributed by atoms with Crippen molar-refractivity contribution in [3.8, 4) is 0 Å². The van der Waals surface area contributed by atoms with Crippen molar-refractivity contribution >= 4 is 0 Å². The molecule has 1 unspecified atom stereocenters. The van der Waals surface area contributed by atoms with Crippen molar-refractivity contribution in [2.24, 2.45) is 5.92 Å². The molecule has 13 heavy (non-hydrogen) atoms. The Morgan fingerprint density at radius 3 is 2.69 bits per heavy atom. The minimum atomic E-state index is -0.844. The average molecular weight is 179 g/mol. The van der Waals surface area contributed by atoms with Crippen molar-refractivity contribution in [3.05, 3.63) is 30.1 Å². The molecule has 0 bridgehead atoms. The number of aromatic nitrogens is 1. The molecule has 1 heterocycles. The topological polar surface area (TPSA) is 12.9 Å². The van der Waals surface area contributed by atoms with E-state index in [1.165, 1.54) is 12.8 Å². The second-order valence-electron chi connectivity index (χ2n) is 3.70. The van der Waals surface area contributed by atoms with Gasteiger partial charge in [0, 0.05) is 6.20 Å². The van der Waals surface area contributed by atoms with Crippen molar-refractivity contribution in [1.29, 1.82) is 0 Å². The Labute approximate surface area is 78.0 Å². The normalized spacial score (nSPS) is 20.4. The third-order valence-corrected chi connectivity index (χ3v) is 2.78. The van der Waals surface area contributed by atoms with E-state index in [1.54, 1.807) is 12.3 Å². The van der Waals surface area contributed by atoms with Gasteiger partial charge in [0.1, 0.15) is 6.17 Å². The van der Waals surface area contributed by atoms with E-state index in [9.17, 15) is 4.39 Å². The predicted octanol–water partition coefficient (Wildman–Crippen LogP) is 3.28. The van der Waals surface area contributed by atoms with Crippen LogP contribution in [0.4, 0.5) is 4.39 Å². The molecule has 2 rings (SSSR count). The maximum absolute atomic E-state index is 13.8. The van der Waals surface area contributed by atoms with Crippen LogP contribution < -0.4 is 0 Å². The van der Waals surface area contributed by atoms with Gasteiger partial charge in [-0.05, 0) is 30.9 Å². The predicted molar refractivity (Wildman–Crippen MR) is 50.0 cm³/mol. The lowest BCUT2D eigenvalue weighted by atomic mass is 9.99. The molecule has 70 valence electrons. The van der Waals surface area contributed by atoms with Gasteiger partial charge in [-0.3, -0.25) is 4.98 Å². The molecule has 0 aromatic carbocycles. The van der Waals surface area contributed by atoms with Gasteiger partial charge in [0.2, 0.25) is 0 Å². The van der Waals surface area contributed by atoms with Crippen LogP contribution in [-0.2, 0) is 0 Å². The summed E-state index contributed by atoms with van der Waals surface area (Å²) in [5, 5.41) is 0. The molecule has 0 spiro atoms. The van der Waals surface area contributed by atoms with E-state index in [1.807, 2.05) is 12.1 Å². The Kier molecular flexibility index (Phi) is 2.57. The summed E-state index contributed by atoms with van der Waals surface area (Å²) in [5.74, 6) is 0.217. The Balaban J connectivity index is 2.08. The molecule has 0 aliphatic heterocycles. The molecular weight excluding hydrogens is 165 g/mol. The summed E-state index contributed by atoms with van der Waals surface area (Å²) in [6.45, 7) is 0. The van der Waals surface area contributed by atoms with Gasteiger partial charge < -0.3 is 0 Å². The van der Waals surface area contributed by atoms with Crippen molar-refractivity contribution in [2.75, 3.05) is 0 Å². The number of rotatable bonds is 2. The van der Waals surface area contributed by atoms with Crippen LogP contribution in [0.15, 0.2) is 24.4 Å². The van der Waals surface area contributed by atoms with Crippen LogP contribution in [0.5, 0.6) is 0 Å². The van der Waals surface area contributed by atoms with Crippen LogP contribution in [0, 0.1) is 5.92 Å². The largest absolute Gasteiger partial charge is 0.258 e. The third-order valence-electron chi connectivity index (χ3n) is 2.78. The van der Waals surface area contributed by atoms with Crippen LogP contribution in [0.3, 0.4) is 0 Å². The quantitative estimate of drug-likeness (QED) is 0.679. The molecule has 1 atom stereocenters. The lowest BCUT2D eigenvalue weighted by Crippen LogP contribution is -2.05. The number of halogens is 1. The minimum absolute atomic E-state index is 0.217. The molecule has 1 aliphatic rings. The Bertz CT molecular complexity index is 254. The molecule has 0 radical (unpaired) electrons. The van der Waals surface area contributed by atoms with Gasteiger partial charge in [0.05, 0.1) is 5.69 Å². The van der Waals surface area contributed by atoms with E-state index >= 15 is 0 Å². The van der Waals surface area contributed by atoms with Crippen molar-refractivity contribution in [1.82, 2.24) is 4.98 Å². The zero-order valence-electron chi connectivity index (χ0n) is 7.62. The molecule has 0 N–H and O–H groups in total. The maximum atomic E-state index is 13.8. The second kappa shape index (κ2) is 3.86. The zero-order valence-corrected chi connectivity index (χ0v) is 7.62. The lowest BCUT2D eigenvalue weighted by Gasteiger charge is -2.13. The number of hydrogen-bond donors (Lipinski definition) is 0. The second-order valence-corrected chi connectivity index (χ2v) is 3.70. The Morgan fingerprint density at radius 2 is 2.08 bits per heavy atom. The molecule has 2 heteroatoms. The summed E-state index contributed by atoms with van der Waals surface area (Å²) in [6, 6.07) is 5.46. The number of hydrogen-bond acceptors (Lipinski definition) is 1. The summed E-state index contributed by atoms with van der Waals surface area (Å²) < 4.78 is 13.8. The summed E-state index contributed by atoms with van der Waals surface area (Å²) in [5.41, 5.74) is 0.606. The fraction of sp³-hybridized carbons (Fsp3) is 0.545. The molecule has 1 fully saturated rings. The van der Waals surface area contributed by atoms with E-state index in [2.05, 4.69) is 4.98 Å². The summed E-state index contributed by atoms with van der Waals surface area (Å²) in [7, 11) is 0. The van der Waals surface area contributed by atoms with Crippen LogP contribution >= 0.6 is 0 Å². The highest BCUT2D eigenvalue weighted by Crippen LogP contribution is 2.37. The third kappa shape index (κ3) is 1.87. The van der Waals surface area contributed by atoms with Gasteiger partial charge in [-0.25, -0.2) is 4.39 Å². The minimum Gasteiger partial charge on any atom is -0.258 e. The molecular formula is C11H14FN. The van der Waals surface area contributed by atoms with E-state index in [-0.39, 0.29) is 5.92 Å². The van der Waals surface area contributed by atoms with Gasteiger partial charge in [-0.2, -0.15) is 0 Å². The van der Waals surface area contributed by atoms with E-state index in [0.717, 1.165) is 12.8 Å². The first-order valence-corrected chi connectivity index (χ1v) is 4.93. The van der Waals surface area contributed by atoms with Crippen LogP contribution in [0.1, 0.15) is 37.5 Å². The molecule has 1 nitrogen and oxygen atoms in total. The van der Waals surface area contributed by atoms with E-state index < -0.39 is 6.17 Å². The molecule has 1 saturated carbocycles. The molecule has 1 aromatic rings. The summed E-state index contributed by atoms with van der Waals surface area (Å²) in [4.78, 5) is 4.05. The lowest BCUT2D eigenvalue weighted by molar-refractivity contribution is 0.229. The maximum Gasteiger partial charge on any atom is 0.145 e. The smallest absolute Gasteiger partial charge is 0.145 e. The van der Waals surface area contributed by atoms with Gasteiger partial charge in [-0.15, -0.1) is 0 Å². The van der Waals surface area contributed by atoms with Gasteiger partial charge in [0.15, 0.2) is 0 Å².